The molecule has 1 aliphatic heterocycles. The fourth-order valence-corrected chi connectivity index (χ4v) is 5.16. The van der Waals surface area contributed by atoms with E-state index in [0.29, 0.717) is 22.3 Å². The lowest BCUT2D eigenvalue weighted by molar-refractivity contribution is -0.119. The van der Waals surface area contributed by atoms with Crippen LogP contribution in [0.4, 0.5) is 5.69 Å². The minimum Gasteiger partial charge on any atom is -0.352 e. The third kappa shape index (κ3) is 4.32. The minimum atomic E-state index is -3.80. The van der Waals surface area contributed by atoms with Crippen molar-refractivity contribution in [3.63, 3.8) is 0 Å². The van der Waals surface area contributed by atoms with Gasteiger partial charge in [-0.3, -0.25) is 9.59 Å². The second-order valence-electron chi connectivity index (χ2n) is 6.58. The lowest BCUT2D eigenvalue weighted by atomic mass is 10.1. The van der Waals surface area contributed by atoms with E-state index in [1.54, 1.807) is 19.1 Å². The molecule has 1 aliphatic rings. The predicted molar refractivity (Wildman–Crippen MR) is 109 cm³/mol. The van der Waals surface area contributed by atoms with Crippen molar-refractivity contribution >= 4 is 50.7 Å². The first-order valence-corrected chi connectivity index (χ1v) is 10.9. The summed E-state index contributed by atoms with van der Waals surface area (Å²) in [4.78, 5) is 24.7. The molecule has 1 heterocycles. The maximum absolute atomic E-state index is 12.4. The highest BCUT2D eigenvalue weighted by Gasteiger charge is 2.42. The SMILES string of the molecule is CC1CS(=O)(=O)N(c2cc(C(=O)NCCc3ccc(Cl)cc3)ccc2Cl)C1=O. The smallest absolute Gasteiger partial charge is 0.251 e. The van der Waals surface area contributed by atoms with Crippen molar-refractivity contribution in [1.82, 2.24) is 5.32 Å². The van der Waals surface area contributed by atoms with Gasteiger partial charge in [-0.05, 0) is 42.3 Å². The zero-order chi connectivity index (χ0) is 20.5. The summed E-state index contributed by atoms with van der Waals surface area (Å²) < 4.78 is 25.3. The Morgan fingerprint density at radius 1 is 1.18 bits per heavy atom. The molecule has 3 rings (SSSR count). The van der Waals surface area contributed by atoms with Gasteiger partial charge in [0.2, 0.25) is 15.9 Å². The van der Waals surface area contributed by atoms with E-state index in [2.05, 4.69) is 5.32 Å². The Bertz CT molecular complexity index is 1020. The van der Waals surface area contributed by atoms with Crippen LogP contribution in [0.25, 0.3) is 0 Å². The number of halogens is 2. The quantitative estimate of drug-likeness (QED) is 0.772. The van der Waals surface area contributed by atoms with E-state index in [-0.39, 0.29) is 27.9 Å². The number of hydrogen-bond donors (Lipinski definition) is 1. The summed E-state index contributed by atoms with van der Waals surface area (Å²) >= 11 is 12.0. The van der Waals surface area contributed by atoms with Crippen LogP contribution in [-0.2, 0) is 21.2 Å². The molecule has 1 N–H and O–H groups in total. The molecule has 0 aliphatic carbocycles. The summed E-state index contributed by atoms with van der Waals surface area (Å²) in [5, 5.41) is 3.50. The topological polar surface area (TPSA) is 83.6 Å². The van der Waals surface area contributed by atoms with Crippen LogP contribution in [0.5, 0.6) is 0 Å². The van der Waals surface area contributed by atoms with Gasteiger partial charge in [0.15, 0.2) is 0 Å². The largest absolute Gasteiger partial charge is 0.352 e. The fourth-order valence-electron chi connectivity index (χ4n) is 2.95. The molecule has 9 heteroatoms. The average Bonchev–Trinajstić information content (AvgIpc) is 2.84. The molecule has 0 radical (unpaired) electrons. The number of sulfonamides is 1. The Hall–Kier alpha value is -2.09. The molecule has 1 atom stereocenters. The van der Waals surface area contributed by atoms with Gasteiger partial charge >= 0.3 is 0 Å². The van der Waals surface area contributed by atoms with Gasteiger partial charge in [0, 0.05) is 17.1 Å². The summed E-state index contributed by atoms with van der Waals surface area (Å²) in [5.74, 6) is -1.87. The summed E-state index contributed by atoms with van der Waals surface area (Å²) in [7, 11) is -3.80. The minimum absolute atomic E-state index is 0.00127. The first-order valence-electron chi connectivity index (χ1n) is 8.58. The molecule has 0 aromatic heterocycles. The first kappa shape index (κ1) is 20.6. The van der Waals surface area contributed by atoms with Crippen molar-refractivity contribution in [3.8, 4) is 0 Å². The lowest BCUT2D eigenvalue weighted by Gasteiger charge is -2.17. The molecule has 0 spiro atoms. The Balaban J connectivity index is 1.74. The van der Waals surface area contributed by atoms with Crippen LogP contribution < -0.4 is 9.62 Å². The molecule has 2 aromatic carbocycles. The van der Waals surface area contributed by atoms with E-state index in [0.717, 1.165) is 5.56 Å². The number of nitrogens with zero attached hydrogens (tertiary/aromatic N) is 1. The first-order chi connectivity index (χ1) is 13.2. The van der Waals surface area contributed by atoms with E-state index in [1.165, 1.54) is 18.2 Å². The molecule has 28 heavy (non-hydrogen) atoms. The van der Waals surface area contributed by atoms with Crippen LogP contribution >= 0.6 is 23.2 Å². The highest BCUT2D eigenvalue weighted by atomic mass is 35.5. The molecule has 0 bridgehead atoms. The number of anilines is 1. The maximum atomic E-state index is 12.4. The molecule has 1 unspecified atom stereocenters. The normalized spacial score (nSPS) is 18.3. The van der Waals surface area contributed by atoms with Crippen molar-refractivity contribution in [2.45, 2.75) is 13.3 Å². The molecular weight excluding hydrogens is 423 g/mol. The van der Waals surface area contributed by atoms with Gasteiger partial charge in [0.25, 0.3) is 5.91 Å². The molecule has 1 saturated heterocycles. The van der Waals surface area contributed by atoms with Crippen LogP contribution in [0.15, 0.2) is 42.5 Å². The summed E-state index contributed by atoms with van der Waals surface area (Å²) in [6.07, 6.45) is 0.611. The summed E-state index contributed by atoms with van der Waals surface area (Å²) in [6, 6.07) is 11.5. The Morgan fingerprint density at radius 3 is 2.46 bits per heavy atom. The zero-order valence-corrected chi connectivity index (χ0v) is 17.3. The summed E-state index contributed by atoms with van der Waals surface area (Å²) in [6.45, 7) is 1.93. The Morgan fingerprint density at radius 2 is 1.86 bits per heavy atom. The Labute approximate surface area is 173 Å². The van der Waals surface area contributed by atoms with Crippen LogP contribution in [0.2, 0.25) is 10.0 Å². The number of amides is 2. The van der Waals surface area contributed by atoms with Gasteiger partial charge in [-0.25, -0.2) is 12.7 Å². The van der Waals surface area contributed by atoms with Crippen molar-refractivity contribution < 1.29 is 18.0 Å². The van der Waals surface area contributed by atoms with Crippen molar-refractivity contribution in [2.24, 2.45) is 5.92 Å². The van der Waals surface area contributed by atoms with E-state index in [1.807, 2.05) is 12.1 Å². The summed E-state index contributed by atoms with van der Waals surface area (Å²) in [5.41, 5.74) is 1.24. The fraction of sp³-hybridized carbons (Fsp3) is 0.263. The lowest BCUT2D eigenvalue weighted by Crippen LogP contribution is -2.31. The number of carbonyl (C=O) groups is 2. The number of nitrogens with one attached hydrogen (secondary N) is 1. The van der Waals surface area contributed by atoms with Crippen molar-refractivity contribution in [1.29, 1.82) is 0 Å². The average molecular weight is 441 g/mol. The standard InChI is InChI=1S/C19H18Cl2N2O4S/c1-12-11-28(26,27)23(19(12)25)17-10-14(4-7-16(17)21)18(24)22-9-8-13-2-5-15(20)6-3-13/h2-7,10,12H,8-9,11H2,1H3,(H,22,24). The zero-order valence-electron chi connectivity index (χ0n) is 15.0. The Kier molecular flexibility index (Phi) is 5.98. The van der Waals surface area contributed by atoms with E-state index >= 15 is 0 Å². The molecule has 2 aromatic rings. The number of benzene rings is 2. The van der Waals surface area contributed by atoms with Crippen molar-refractivity contribution in [2.75, 3.05) is 16.6 Å². The maximum Gasteiger partial charge on any atom is 0.251 e. The van der Waals surface area contributed by atoms with Gasteiger partial charge < -0.3 is 5.32 Å². The van der Waals surface area contributed by atoms with Gasteiger partial charge in [0.1, 0.15) is 0 Å². The highest BCUT2D eigenvalue weighted by Crippen LogP contribution is 2.34. The highest BCUT2D eigenvalue weighted by molar-refractivity contribution is 7.94. The molecule has 6 nitrogen and oxygen atoms in total. The third-order valence-corrected chi connectivity index (χ3v) is 6.83. The van der Waals surface area contributed by atoms with Crippen LogP contribution in [0, 0.1) is 5.92 Å². The molecule has 0 saturated carbocycles. The van der Waals surface area contributed by atoms with Crippen LogP contribution in [-0.4, -0.2) is 32.5 Å². The van der Waals surface area contributed by atoms with Gasteiger partial charge in [-0.1, -0.05) is 42.3 Å². The third-order valence-electron chi connectivity index (χ3n) is 4.40. The number of carbonyl (C=O) groups excluding carboxylic acids is 2. The molecule has 1 fully saturated rings. The van der Waals surface area contributed by atoms with Gasteiger partial charge in [-0.15, -0.1) is 0 Å². The van der Waals surface area contributed by atoms with E-state index < -0.39 is 21.8 Å². The van der Waals surface area contributed by atoms with Gasteiger partial charge in [-0.2, -0.15) is 0 Å². The second-order valence-corrected chi connectivity index (χ2v) is 9.29. The van der Waals surface area contributed by atoms with Crippen molar-refractivity contribution in [3.05, 3.63) is 63.6 Å². The molecular formula is C19H18Cl2N2O4S. The second kappa shape index (κ2) is 8.11. The van der Waals surface area contributed by atoms with Crippen LogP contribution in [0.1, 0.15) is 22.8 Å². The number of rotatable bonds is 5. The van der Waals surface area contributed by atoms with E-state index in [9.17, 15) is 18.0 Å². The predicted octanol–water partition coefficient (Wildman–Crippen LogP) is 3.28. The number of hydrogen-bond acceptors (Lipinski definition) is 4. The monoisotopic (exact) mass is 440 g/mol. The van der Waals surface area contributed by atoms with Crippen LogP contribution in [0.3, 0.4) is 0 Å². The van der Waals surface area contributed by atoms with E-state index in [4.69, 9.17) is 23.2 Å². The molecule has 2 amide bonds. The van der Waals surface area contributed by atoms with Gasteiger partial charge in [0.05, 0.1) is 22.4 Å². The molecule has 148 valence electrons.